The molecule has 8 nitrogen and oxygen atoms in total. The normalized spacial score (nSPS) is 19.0. The van der Waals surface area contributed by atoms with E-state index in [0.29, 0.717) is 17.1 Å². The van der Waals surface area contributed by atoms with Crippen molar-refractivity contribution in [3.63, 3.8) is 0 Å². The average molecular weight is 447 g/mol. The average Bonchev–Trinajstić information content (AvgIpc) is 3.39. The van der Waals surface area contributed by atoms with Gasteiger partial charge >= 0.3 is 0 Å². The molecule has 0 bridgehead atoms. The van der Waals surface area contributed by atoms with Gasteiger partial charge in [-0.25, -0.2) is 16.8 Å². The maximum Gasteiger partial charge on any atom is 0.290 e. The van der Waals surface area contributed by atoms with Crippen molar-refractivity contribution in [2.75, 3.05) is 31.1 Å². The summed E-state index contributed by atoms with van der Waals surface area (Å²) >= 11 is 0. The Morgan fingerprint density at radius 2 is 1.97 bits per heavy atom. The maximum atomic E-state index is 13.6. The zero-order valence-corrected chi connectivity index (χ0v) is 17.6. The first kappa shape index (κ1) is 21.3. The molecule has 1 atom stereocenters. The predicted octanol–water partition coefficient (Wildman–Crippen LogP) is 2.40. The van der Waals surface area contributed by atoms with Crippen LogP contribution in [0.15, 0.2) is 53.7 Å². The van der Waals surface area contributed by atoms with Gasteiger partial charge in [-0.1, -0.05) is 6.07 Å². The Morgan fingerprint density at radius 1 is 1.16 bits per heavy atom. The minimum absolute atomic E-state index is 0.0691. The Bertz CT molecular complexity index is 1200. The van der Waals surface area contributed by atoms with Crippen LogP contribution < -0.4 is 4.90 Å². The van der Waals surface area contributed by atoms with Gasteiger partial charge < -0.3 is 10.0 Å². The molecule has 2 aromatic heterocycles. The summed E-state index contributed by atoms with van der Waals surface area (Å²) in [5.74, 6) is -0.576. The predicted molar refractivity (Wildman–Crippen MR) is 114 cm³/mol. The van der Waals surface area contributed by atoms with Gasteiger partial charge in [0.15, 0.2) is 0 Å². The molecule has 31 heavy (non-hydrogen) atoms. The van der Waals surface area contributed by atoms with Crippen molar-refractivity contribution in [1.82, 2.24) is 13.9 Å². The highest BCUT2D eigenvalue weighted by Gasteiger charge is 2.33. The second-order valence-corrected chi connectivity index (χ2v) is 9.34. The lowest BCUT2D eigenvalue weighted by Crippen LogP contribution is -2.50. The van der Waals surface area contributed by atoms with Crippen LogP contribution in [-0.4, -0.2) is 66.1 Å². The van der Waals surface area contributed by atoms with Gasteiger partial charge in [0, 0.05) is 38.1 Å². The summed E-state index contributed by atoms with van der Waals surface area (Å²) in [5, 5.41) is 6.89. The number of nitrogens with zero attached hydrogens (tertiary/aromatic N) is 4. The van der Waals surface area contributed by atoms with Crippen molar-refractivity contribution in [1.29, 1.82) is 0 Å². The van der Waals surface area contributed by atoms with Gasteiger partial charge in [-0.05, 0) is 49.7 Å². The smallest absolute Gasteiger partial charge is 0.290 e. The fourth-order valence-corrected chi connectivity index (χ4v) is 5.78. The summed E-state index contributed by atoms with van der Waals surface area (Å²) in [7, 11) is -3.92. The first-order chi connectivity index (χ1) is 15.0. The van der Waals surface area contributed by atoms with Crippen molar-refractivity contribution < 1.29 is 22.7 Å². The lowest BCUT2D eigenvalue weighted by atomic mass is 10.1. The lowest BCUT2D eigenvalue weighted by molar-refractivity contribution is -0.122. The van der Waals surface area contributed by atoms with Gasteiger partial charge in [0.05, 0.1) is 16.1 Å². The molecule has 164 valence electrons. The molecule has 4 heterocycles. The van der Waals surface area contributed by atoms with Gasteiger partial charge in [-0.3, -0.25) is 14.7 Å². The Hall–Kier alpha value is -2.98. The number of carboxylic acid groups (broad SMARTS) is 1. The number of fused-ring (bicyclic) bond motifs is 2. The van der Waals surface area contributed by atoms with Crippen LogP contribution in [0, 0.1) is 5.82 Å². The second-order valence-electron chi connectivity index (χ2n) is 7.53. The molecule has 10 heteroatoms. The summed E-state index contributed by atoms with van der Waals surface area (Å²) in [6.07, 6.45) is 5.70. The lowest BCUT2D eigenvalue weighted by Gasteiger charge is -2.38. The second kappa shape index (κ2) is 8.64. The summed E-state index contributed by atoms with van der Waals surface area (Å²) in [5.41, 5.74) is 1.99. The standard InChI is InChI=1S/C20H21FN4O2S.CH2O2/c21-15-4-1-6-17(12-15)28(26,27)25-14-19(20-18(25)7-2-8-22-20)24-11-10-23-9-3-5-16(23)13-24;2-1-3/h1-2,4,6-8,12,14,16H,3,5,9-11,13H2;1H,(H,2,3). The van der Waals surface area contributed by atoms with Crippen LogP contribution >= 0.6 is 0 Å². The molecule has 1 N–H and O–H groups in total. The molecule has 5 rings (SSSR count). The Labute approximate surface area is 179 Å². The molecule has 2 fully saturated rings. The first-order valence-electron chi connectivity index (χ1n) is 10.00. The topological polar surface area (TPSA) is 95.7 Å². The number of hydrogen-bond acceptors (Lipinski definition) is 6. The fourth-order valence-electron chi connectivity index (χ4n) is 4.39. The van der Waals surface area contributed by atoms with Crippen LogP contribution in [0.5, 0.6) is 0 Å². The summed E-state index contributed by atoms with van der Waals surface area (Å²) < 4.78 is 41.3. The number of aromatic nitrogens is 2. The third-order valence-corrected chi connectivity index (χ3v) is 7.46. The van der Waals surface area contributed by atoms with Crippen LogP contribution in [0.1, 0.15) is 12.8 Å². The molecular weight excluding hydrogens is 423 g/mol. The number of piperazine rings is 1. The van der Waals surface area contributed by atoms with Crippen LogP contribution in [0.3, 0.4) is 0 Å². The van der Waals surface area contributed by atoms with E-state index in [9.17, 15) is 12.8 Å². The third-order valence-electron chi connectivity index (χ3n) is 5.79. The zero-order chi connectivity index (χ0) is 22.0. The molecule has 0 amide bonds. The Morgan fingerprint density at radius 3 is 2.74 bits per heavy atom. The number of anilines is 1. The number of pyridine rings is 1. The van der Waals surface area contributed by atoms with Crippen molar-refractivity contribution >= 4 is 33.2 Å². The van der Waals surface area contributed by atoms with Gasteiger partial charge in [0.25, 0.3) is 16.5 Å². The molecule has 2 aliphatic heterocycles. The SMILES string of the molecule is O=CO.O=S(=O)(c1cccc(F)c1)n1cc(N2CCN3CCCC3C2)c2ncccc21. The van der Waals surface area contributed by atoms with E-state index in [0.717, 1.165) is 37.9 Å². The molecule has 1 aromatic carbocycles. The molecule has 0 saturated carbocycles. The van der Waals surface area contributed by atoms with Crippen molar-refractivity contribution in [2.24, 2.45) is 0 Å². The number of benzene rings is 1. The van der Waals surface area contributed by atoms with Gasteiger partial charge in [0.2, 0.25) is 0 Å². The maximum absolute atomic E-state index is 13.6. The van der Waals surface area contributed by atoms with E-state index in [1.54, 1.807) is 24.5 Å². The first-order valence-corrected chi connectivity index (χ1v) is 11.4. The van der Waals surface area contributed by atoms with E-state index in [2.05, 4.69) is 14.8 Å². The highest BCUT2D eigenvalue weighted by molar-refractivity contribution is 7.90. The van der Waals surface area contributed by atoms with E-state index < -0.39 is 15.8 Å². The van der Waals surface area contributed by atoms with Crippen molar-refractivity contribution in [3.8, 4) is 0 Å². The highest BCUT2D eigenvalue weighted by Crippen LogP contribution is 2.33. The Balaban J connectivity index is 0.000000730. The molecule has 0 spiro atoms. The minimum Gasteiger partial charge on any atom is -0.483 e. The van der Waals surface area contributed by atoms with Gasteiger partial charge in [-0.2, -0.15) is 0 Å². The summed E-state index contributed by atoms with van der Waals surface area (Å²) in [6, 6.07) is 9.09. The van der Waals surface area contributed by atoms with Crippen molar-refractivity contribution in [2.45, 2.75) is 23.8 Å². The van der Waals surface area contributed by atoms with Crippen LogP contribution in [-0.2, 0) is 14.8 Å². The van der Waals surface area contributed by atoms with Crippen LogP contribution in [0.25, 0.3) is 11.0 Å². The molecule has 3 aromatic rings. The van der Waals surface area contributed by atoms with E-state index in [4.69, 9.17) is 9.90 Å². The Kier molecular flexibility index (Phi) is 5.92. The number of halogens is 1. The highest BCUT2D eigenvalue weighted by atomic mass is 32.2. The number of carbonyl (C=O) groups is 1. The summed E-state index contributed by atoms with van der Waals surface area (Å²) in [4.78, 5) is 17.5. The van der Waals surface area contributed by atoms with Crippen LogP contribution in [0.4, 0.5) is 10.1 Å². The van der Waals surface area contributed by atoms with E-state index in [1.165, 1.54) is 35.0 Å². The van der Waals surface area contributed by atoms with E-state index in [1.807, 2.05) is 0 Å². The molecule has 2 saturated heterocycles. The van der Waals surface area contributed by atoms with Gasteiger partial charge in [0.1, 0.15) is 11.3 Å². The number of hydrogen-bond donors (Lipinski definition) is 1. The van der Waals surface area contributed by atoms with E-state index >= 15 is 0 Å². The number of rotatable bonds is 3. The minimum atomic E-state index is -3.92. The van der Waals surface area contributed by atoms with Gasteiger partial charge in [-0.15, -0.1) is 0 Å². The summed E-state index contributed by atoms with van der Waals surface area (Å²) in [6.45, 7) is 3.58. The fraction of sp³-hybridized carbons (Fsp3) is 0.333. The quantitative estimate of drug-likeness (QED) is 0.617. The monoisotopic (exact) mass is 446 g/mol. The largest absolute Gasteiger partial charge is 0.483 e. The van der Waals surface area contributed by atoms with Crippen molar-refractivity contribution in [3.05, 3.63) is 54.6 Å². The third kappa shape index (κ3) is 4.00. The molecule has 0 radical (unpaired) electrons. The molecule has 2 aliphatic rings. The van der Waals surface area contributed by atoms with E-state index in [-0.39, 0.29) is 11.4 Å². The zero-order valence-electron chi connectivity index (χ0n) is 16.8. The van der Waals surface area contributed by atoms with Crippen LogP contribution in [0.2, 0.25) is 0 Å². The molecule has 1 unspecified atom stereocenters. The molecule has 0 aliphatic carbocycles. The molecular formula is C21H23FN4O4S.